The van der Waals surface area contributed by atoms with Crippen molar-refractivity contribution in [2.75, 3.05) is 23.7 Å². The number of benzene rings is 2. The molecule has 1 saturated heterocycles. The molecule has 10 heteroatoms. The summed E-state index contributed by atoms with van der Waals surface area (Å²) >= 11 is 0. The van der Waals surface area contributed by atoms with Gasteiger partial charge in [0, 0.05) is 25.2 Å². The summed E-state index contributed by atoms with van der Waals surface area (Å²) in [6.07, 6.45) is 11.5. The summed E-state index contributed by atoms with van der Waals surface area (Å²) in [6.45, 7) is 9.33. The van der Waals surface area contributed by atoms with Gasteiger partial charge in [-0.3, -0.25) is 4.68 Å². The summed E-state index contributed by atoms with van der Waals surface area (Å²) in [6, 6.07) is 11.2. The summed E-state index contributed by atoms with van der Waals surface area (Å²) in [5.41, 5.74) is 5.45. The van der Waals surface area contributed by atoms with Crippen LogP contribution in [-0.4, -0.2) is 48.5 Å². The lowest BCUT2D eigenvalue weighted by molar-refractivity contribution is 0.163. The molecule has 1 aromatic heterocycles. The second-order valence-electron chi connectivity index (χ2n) is 11.5. The van der Waals surface area contributed by atoms with Gasteiger partial charge in [0.2, 0.25) is 0 Å². The maximum Gasteiger partial charge on any atom is 0.182 e. The van der Waals surface area contributed by atoms with E-state index < -0.39 is 15.1 Å². The number of rotatable bonds is 8. The third kappa shape index (κ3) is 7.19. The number of amidine groups is 1. The molecule has 2 aliphatic rings. The Hall–Kier alpha value is -3.89. The van der Waals surface area contributed by atoms with E-state index in [1.807, 2.05) is 38.5 Å². The number of allylic oxidation sites excluding steroid dienone is 3. The number of ether oxygens (including phenoxy) is 1. The molecular formula is C33H42N6O3S. The quantitative estimate of drug-likeness (QED) is 0.281. The van der Waals surface area contributed by atoms with Crippen molar-refractivity contribution in [1.82, 2.24) is 15.1 Å². The van der Waals surface area contributed by atoms with Crippen molar-refractivity contribution in [2.45, 2.75) is 69.6 Å². The molecule has 0 radical (unpaired) electrons. The van der Waals surface area contributed by atoms with Crippen molar-refractivity contribution in [2.24, 2.45) is 12.0 Å². The highest BCUT2D eigenvalue weighted by Gasteiger charge is 2.24. The number of sulfone groups is 1. The van der Waals surface area contributed by atoms with Crippen LogP contribution in [0.15, 0.2) is 82.2 Å². The number of nitrogens with zero attached hydrogens (tertiary/aromatic N) is 3. The first-order valence-electron chi connectivity index (χ1n) is 14.9. The van der Waals surface area contributed by atoms with Crippen LogP contribution in [0.2, 0.25) is 0 Å². The Kier molecular flexibility index (Phi) is 9.37. The van der Waals surface area contributed by atoms with Crippen molar-refractivity contribution >= 4 is 27.0 Å². The molecule has 0 amide bonds. The van der Waals surface area contributed by atoms with Crippen molar-refractivity contribution < 1.29 is 13.2 Å². The molecule has 0 spiro atoms. The summed E-state index contributed by atoms with van der Waals surface area (Å²) < 4.78 is 34.7. The monoisotopic (exact) mass is 602 g/mol. The number of piperidine rings is 1. The van der Waals surface area contributed by atoms with Crippen molar-refractivity contribution in [3.8, 4) is 16.9 Å². The fourth-order valence-electron chi connectivity index (χ4n) is 5.25. The Bertz CT molecular complexity index is 1660. The second kappa shape index (κ2) is 13.2. The van der Waals surface area contributed by atoms with E-state index in [1.165, 1.54) is 0 Å². The van der Waals surface area contributed by atoms with Crippen LogP contribution in [0.3, 0.4) is 0 Å². The molecule has 0 bridgehead atoms. The highest BCUT2D eigenvalue weighted by Crippen LogP contribution is 2.36. The summed E-state index contributed by atoms with van der Waals surface area (Å²) in [4.78, 5) is 5.30. The van der Waals surface area contributed by atoms with E-state index in [9.17, 15) is 8.42 Å². The first-order chi connectivity index (χ1) is 20.6. The fourth-order valence-corrected chi connectivity index (χ4v) is 6.45. The molecule has 0 saturated carbocycles. The van der Waals surface area contributed by atoms with E-state index in [0.717, 1.165) is 71.9 Å². The minimum absolute atomic E-state index is 0.131. The number of aryl methyl sites for hydroxylation is 2. The average Bonchev–Trinajstić information content (AvgIpc) is 3.41. The van der Waals surface area contributed by atoms with Gasteiger partial charge in [0.1, 0.15) is 23.5 Å². The number of anilines is 2. The zero-order valence-electron chi connectivity index (χ0n) is 25.6. The highest BCUT2D eigenvalue weighted by molar-refractivity contribution is 7.92. The second-order valence-corrected chi connectivity index (χ2v) is 14.0. The Morgan fingerprint density at radius 1 is 1.07 bits per heavy atom. The molecule has 43 heavy (non-hydrogen) atoms. The standard InChI is InChI=1S/C33H42N6O3S/c1-22(2)43(40,41)31-12-8-7-11-28(31)37-33-23(3)10-6-9-13-32(38-33)36-29-19-27(25-20-35-39(5)21-25)24(4)18-30(29)42-26-14-16-34-17-15-26/h6-8,10-12,18-22,26,34,37H,9,13-17H2,1-5H3,(H,36,38)/b10-6-,33-23-. The molecule has 3 aromatic rings. The first-order valence-corrected chi connectivity index (χ1v) is 16.5. The molecule has 0 atom stereocenters. The van der Waals surface area contributed by atoms with Crippen LogP contribution >= 0.6 is 0 Å². The molecule has 5 rings (SSSR count). The third-order valence-corrected chi connectivity index (χ3v) is 10.0. The predicted octanol–water partition coefficient (Wildman–Crippen LogP) is 6.21. The van der Waals surface area contributed by atoms with Crippen LogP contribution < -0.4 is 20.7 Å². The largest absolute Gasteiger partial charge is 0.488 e. The first kappa shape index (κ1) is 30.6. The normalized spacial score (nSPS) is 20.2. The van der Waals surface area contributed by atoms with Crippen molar-refractivity contribution in [1.29, 1.82) is 0 Å². The van der Waals surface area contributed by atoms with Gasteiger partial charge in [0.25, 0.3) is 0 Å². The molecule has 0 unspecified atom stereocenters. The van der Waals surface area contributed by atoms with Gasteiger partial charge < -0.3 is 20.7 Å². The number of nitrogens with one attached hydrogen (secondary N) is 3. The lowest BCUT2D eigenvalue weighted by atomic mass is 10.0. The van der Waals surface area contributed by atoms with Crippen LogP contribution in [-0.2, 0) is 16.9 Å². The molecular weight excluding hydrogens is 560 g/mol. The van der Waals surface area contributed by atoms with Gasteiger partial charge in [0.05, 0.1) is 27.7 Å². The van der Waals surface area contributed by atoms with E-state index in [1.54, 1.807) is 36.7 Å². The van der Waals surface area contributed by atoms with Crippen LogP contribution in [0.1, 0.15) is 52.0 Å². The molecule has 9 nitrogen and oxygen atoms in total. The Balaban J connectivity index is 1.52. The number of aromatic nitrogens is 2. The van der Waals surface area contributed by atoms with Gasteiger partial charge in [-0.15, -0.1) is 0 Å². The maximum absolute atomic E-state index is 13.1. The van der Waals surface area contributed by atoms with Gasteiger partial charge >= 0.3 is 0 Å². The lowest BCUT2D eigenvalue weighted by Gasteiger charge is -2.26. The molecule has 0 aliphatic carbocycles. The number of aliphatic imine (C=N–C) groups is 1. The Morgan fingerprint density at radius 2 is 1.84 bits per heavy atom. The summed E-state index contributed by atoms with van der Waals surface area (Å²) in [7, 11) is -1.59. The Labute approximate surface area is 255 Å². The van der Waals surface area contributed by atoms with Crippen LogP contribution in [0.25, 0.3) is 11.1 Å². The SMILES string of the molecule is CC1=C(Nc2ccccc2S(=O)(=O)C(C)C)/N=C(/Nc2cc(-c3cnn(C)c3)c(C)cc2OC2CCNCC2)CC/C=C\1. The van der Waals surface area contributed by atoms with Gasteiger partial charge in [-0.2, -0.15) is 5.10 Å². The van der Waals surface area contributed by atoms with E-state index in [0.29, 0.717) is 17.9 Å². The summed E-state index contributed by atoms with van der Waals surface area (Å²) in [5.74, 6) is 2.14. The minimum Gasteiger partial charge on any atom is -0.488 e. The predicted molar refractivity (Wildman–Crippen MR) is 174 cm³/mol. The lowest BCUT2D eigenvalue weighted by Crippen LogP contribution is -2.34. The van der Waals surface area contributed by atoms with Crippen LogP contribution in [0, 0.1) is 6.92 Å². The van der Waals surface area contributed by atoms with E-state index in [4.69, 9.17) is 9.73 Å². The van der Waals surface area contributed by atoms with Crippen molar-refractivity contribution in [3.63, 3.8) is 0 Å². The van der Waals surface area contributed by atoms with Gasteiger partial charge in [-0.05, 0) is 101 Å². The molecule has 1 fully saturated rings. The number of hydrogen-bond donors (Lipinski definition) is 3. The van der Waals surface area contributed by atoms with Gasteiger partial charge in [0.15, 0.2) is 9.84 Å². The smallest absolute Gasteiger partial charge is 0.182 e. The average molecular weight is 603 g/mol. The molecule has 2 aromatic carbocycles. The molecule has 3 N–H and O–H groups in total. The molecule has 2 aliphatic heterocycles. The molecule has 3 heterocycles. The topological polar surface area (TPSA) is 110 Å². The zero-order valence-corrected chi connectivity index (χ0v) is 26.5. The number of hydrogen-bond acceptors (Lipinski definition) is 8. The van der Waals surface area contributed by atoms with Crippen LogP contribution in [0.5, 0.6) is 5.75 Å². The summed E-state index contributed by atoms with van der Waals surface area (Å²) in [5, 5.41) is 14.2. The van der Waals surface area contributed by atoms with Crippen LogP contribution in [0.4, 0.5) is 11.4 Å². The maximum atomic E-state index is 13.1. The highest BCUT2D eigenvalue weighted by atomic mass is 32.2. The van der Waals surface area contributed by atoms with Gasteiger partial charge in [-0.1, -0.05) is 24.3 Å². The van der Waals surface area contributed by atoms with E-state index >= 15 is 0 Å². The minimum atomic E-state index is -3.50. The van der Waals surface area contributed by atoms with Gasteiger partial charge in [-0.25, -0.2) is 13.4 Å². The number of para-hydroxylation sites is 1. The fraction of sp³-hybridized carbons (Fsp3) is 0.394. The molecule has 228 valence electrons. The third-order valence-electron chi connectivity index (χ3n) is 7.80. The van der Waals surface area contributed by atoms with Crippen molar-refractivity contribution in [3.05, 3.63) is 77.9 Å². The van der Waals surface area contributed by atoms with E-state index in [-0.39, 0.29) is 11.0 Å². The zero-order chi connectivity index (χ0) is 30.6. The van der Waals surface area contributed by atoms with E-state index in [2.05, 4.69) is 46.2 Å². The Morgan fingerprint density at radius 3 is 2.56 bits per heavy atom.